The summed E-state index contributed by atoms with van der Waals surface area (Å²) in [5, 5.41) is 9.43. The third-order valence-corrected chi connectivity index (χ3v) is 2.74. The summed E-state index contributed by atoms with van der Waals surface area (Å²) < 4.78 is 0. The average Bonchev–Trinajstić information content (AvgIpc) is 2.24. The second kappa shape index (κ2) is 6.46. The first-order chi connectivity index (χ1) is 7.27. The molecule has 84 valence electrons. The molecule has 0 aliphatic heterocycles. The van der Waals surface area contributed by atoms with E-state index in [1.807, 2.05) is 12.1 Å². The molecular weight excluding hydrogens is 186 g/mol. The number of phenols is 1. The summed E-state index contributed by atoms with van der Waals surface area (Å²) in [5.74, 6) is 0.909. The van der Waals surface area contributed by atoms with Gasteiger partial charge in [0, 0.05) is 0 Å². The van der Waals surface area contributed by atoms with Crippen molar-refractivity contribution >= 4 is 0 Å². The molecule has 0 bridgehead atoms. The third-order valence-electron chi connectivity index (χ3n) is 2.74. The molecule has 0 aliphatic rings. The van der Waals surface area contributed by atoms with E-state index in [0.717, 1.165) is 19.4 Å². The molecule has 0 heterocycles. The number of aromatic hydroxyl groups is 1. The van der Waals surface area contributed by atoms with Crippen molar-refractivity contribution in [3.63, 3.8) is 0 Å². The van der Waals surface area contributed by atoms with Gasteiger partial charge >= 0.3 is 0 Å². The Hall–Kier alpha value is -1.02. The van der Waals surface area contributed by atoms with Crippen LogP contribution >= 0.6 is 0 Å². The molecule has 0 aromatic heterocycles. The van der Waals surface area contributed by atoms with Crippen molar-refractivity contribution in [1.82, 2.24) is 0 Å². The number of phenolic OH excluding ortho intramolecular Hbond substituents is 1. The fraction of sp³-hybridized carbons (Fsp3) is 0.538. The molecule has 0 amide bonds. The van der Waals surface area contributed by atoms with E-state index in [9.17, 15) is 5.11 Å². The van der Waals surface area contributed by atoms with E-state index in [1.165, 1.54) is 18.4 Å². The van der Waals surface area contributed by atoms with Gasteiger partial charge in [0.25, 0.3) is 0 Å². The van der Waals surface area contributed by atoms with Gasteiger partial charge in [-0.1, -0.05) is 25.5 Å². The van der Waals surface area contributed by atoms with E-state index in [-0.39, 0.29) is 0 Å². The molecule has 0 spiro atoms. The van der Waals surface area contributed by atoms with E-state index in [4.69, 9.17) is 5.73 Å². The summed E-state index contributed by atoms with van der Waals surface area (Å²) in [5.41, 5.74) is 6.77. The van der Waals surface area contributed by atoms with Crippen LogP contribution in [0.25, 0.3) is 0 Å². The van der Waals surface area contributed by atoms with Gasteiger partial charge in [0.15, 0.2) is 0 Å². The summed E-state index contributed by atoms with van der Waals surface area (Å²) in [6.45, 7) is 2.94. The molecule has 1 rings (SSSR count). The largest absolute Gasteiger partial charge is 0.508 e. The molecule has 1 aromatic carbocycles. The standard InChI is InChI=1S/C13H21NO/c1-2-5-11(7-4-9-14)12-6-3-8-13(15)10-12/h3,6,8,10-11,15H,2,4-5,7,9,14H2,1H3. The van der Waals surface area contributed by atoms with E-state index in [1.54, 1.807) is 6.07 Å². The zero-order chi connectivity index (χ0) is 11.1. The van der Waals surface area contributed by atoms with Crippen molar-refractivity contribution in [3.8, 4) is 5.75 Å². The van der Waals surface area contributed by atoms with Gasteiger partial charge in [-0.15, -0.1) is 0 Å². The number of benzene rings is 1. The van der Waals surface area contributed by atoms with E-state index in [0.29, 0.717) is 11.7 Å². The summed E-state index contributed by atoms with van der Waals surface area (Å²) >= 11 is 0. The van der Waals surface area contributed by atoms with Crippen molar-refractivity contribution in [2.45, 2.75) is 38.5 Å². The van der Waals surface area contributed by atoms with Crippen LogP contribution in [0.4, 0.5) is 0 Å². The Labute approximate surface area is 92.1 Å². The quantitative estimate of drug-likeness (QED) is 0.753. The van der Waals surface area contributed by atoms with Crippen LogP contribution in [0.2, 0.25) is 0 Å². The van der Waals surface area contributed by atoms with Crippen LogP contribution in [-0.4, -0.2) is 11.7 Å². The smallest absolute Gasteiger partial charge is 0.115 e. The first-order valence-corrected chi connectivity index (χ1v) is 5.77. The molecule has 0 fully saturated rings. The minimum atomic E-state index is 0.362. The van der Waals surface area contributed by atoms with Crippen molar-refractivity contribution < 1.29 is 5.11 Å². The van der Waals surface area contributed by atoms with Gasteiger partial charge in [0.2, 0.25) is 0 Å². The molecule has 1 unspecified atom stereocenters. The SMILES string of the molecule is CCCC(CCCN)c1cccc(O)c1. The molecule has 0 saturated carbocycles. The van der Waals surface area contributed by atoms with Gasteiger partial charge in [-0.2, -0.15) is 0 Å². The average molecular weight is 207 g/mol. The van der Waals surface area contributed by atoms with Crippen LogP contribution in [0.5, 0.6) is 5.75 Å². The van der Waals surface area contributed by atoms with Gasteiger partial charge in [-0.25, -0.2) is 0 Å². The van der Waals surface area contributed by atoms with E-state index < -0.39 is 0 Å². The number of nitrogens with two attached hydrogens (primary N) is 1. The Morgan fingerprint density at radius 3 is 2.73 bits per heavy atom. The molecular formula is C13H21NO. The molecule has 0 aliphatic carbocycles. The Morgan fingerprint density at radius 1 is 1.33 bits per heavy atom. The predicted octanol–water partition coefficient (Wildman–Crippen LogP) is 3.01. The first kappa shape index (κ1) is 12.1. The lowest BCUT2D eigenvalue weighted by molar-refractivity contribution is 0.471. The maximum absolute atomic E-state index is 9.43. The van der Waals surface area contributed by atoms with Crippen LogP contribution in [-0.2, 0) is 0 Å². The molecule has 15 heavy (non-hydrogen) atoms. The summed E-state index contributed by atoms with van der Waals surface area (Å²) in [4.78, 5) is 0. The van der Waals surface area contributed by atoms with Gasteiger partial charge < -0.3 is 10.8 Å². The Balaban J connectivity index is 2.69. The Bertz CT molecular complexity index is 286. The lowest BCUT2D eigenvalue weighted by Gasteiger charge is -2.16. The summed E-state index contributed by atoms with van der Waals surface area (Å²) in [7, 11) is 0. The lowest BCUT2D eigenvalue weighted by atomic mass is 9.90. The maximum Gasteiger partial charge on any atom is 0.115 e. The number of hydrogen-bond donors (Lipinski definition) is 2. The number of hydrogen-bond acceptors (Lipinski definition) is 2. The van der Waals surface area contributed by atoms with E-state index in [2.05, 4.69) is 13.0 Å². The molecule has 2 heteroatoms. The minimum absolute atomic E-state index is 0.362. The zero-order valence-electron chi connectivity index (χ0n) is 9.45. The van der Waals surface area contributed by atoms with Gasteiger partial charge in [-0.05, 0) is 49.4 Å². The highest BCUT2D eigenvalue weighted by Crippen LogP contribution is 2.28. The highest BCUT2D eigenvalue weighted by Gasteiger charge is 2.10. The first-order valence-electron chi connectivity index (χ1n) is 5.77. The van der Waals surface area contributed by atoms with Crippen LogP contribution in [0.3, 0.4) is 0 Å². The zero-order valence-corrected chi connectivity index (χ0v) is 9.45. The summed E-state index contributed by atoms with van der Waals surface area (Å²) in [6.07, 6.45) is 4.52. The van der Waals surface area contributed by atoms with Crippen molar-refractivity contribution in [3.05, 3.63) is 29.8 Å². The molecule has 1 atom stereocenters. The molecule has 3 N–H and O–H groups in total. The summed E-state index contributed by atoms with van der Waals surface area (Å²) in [6, 6.07) is 7.60. The van der Waals surface area contributed by atoms with E-state index >= 15 is 0 Å². The molecule has 2 nitrogen and oxygen atoms in total. The second-order valence-corrected chi connectivity index (χ2v) is 4.01. The Kier molecular flexibility index (Phi) is 5.19. The lowest BCUT2D eigenvalue weighted by Crippen LogP contribution is -2.04. The second-order valence-electron chi connectivity index (χ2n) is 4.01. The van der Waals surface area contributed by atoms with Gasteiger partial charge in [-0.3, -0.25) is 0 Å². The Morgan fingerprint density at radius 2 is 2.13 bits per heavy atom. The maximum atomic E-state index is 9.43. The monoisotopic (exact) mass is 207 g/mol. The normalized spacial score (nSPS) is 12.7. The number of rotatable bonds is 6. The van der Waals surface area contributed by atoms with Crippen LogP contribution < -0.4 is 5.73 Å². The van der Waals surface area contributed by atoms with Crippen molar-refractivity contribution in [2.24, 2.45) is 5.73 Å². The van der Waals surface area contributed by atoms with Crippen LogP contribution in [0.1, 0.15) is 44.1 Å². The van der Waals surface area contributed by atoms with Crippen LogP contribution in [0, 0.1) is 0 Å². The molecule has 0 radical (unpaired) electrons. The fourth-order valence-corrected chi connectivity index (χ4v) is 1.97. The minimum Gasteiger partial charge on any atom is -0.508 e. The van der Waals surface area contributed by atoms with Crippen molar-refractivity contribution in [1.29, 1.82) is 0 Å². The van der Waals surface area contributed by atoms with Gasteiger partial charge in [0.1, 0.15) is 5.75 Å². The fourth-order valence-electron chi connectivity index (χ4n) is 1.97. The van der Waals surface area contributed by atoms with Crippen LogP contribution in [0.15, 0.2) is 24.3 Å². The van der Waals surface area contributed by atoms with Crippen molar-refractivity contribution in [2.75, 3.05) is 6.54 Å². The van der Waals surface area contributed by atoms with Gasteiger partial charge in [0.05, 0.1) is 0 Å². The topological polar surface area (TPSA) is 46.2 Å². The third kappa shape index (κ3) is 3.92. The molecule has 0 saturated heterocycles. The predicted molar refractivity (Wildman–Crippen MR) is 64.0 cm³/mol. The molecule has 1 aromatic rings. The highest BCUT2D eigenvalue weighted by molar-refractivity contribution is 5.29. The highest BCUT2D eigenvalue weighted by atomic mass is 16.3.